The minimum absolute atomic E-state index is 0.126. The number of nitrogens with one attached hydrogen (secondary N) is 1. The summed E-state index contributed by atoms with van der Waals surface area (Å²) in [6.45, 7) is 2.43. The number of ether oxygens (including phenoxy) is 3. The van der Waals surface area contributed by atoms with Crippen LogP contribution in [0, 0.1) is 0 Å². The summed E-state index contributed by atoms with van der Waals surface area (Å²) >= 11 is 0. The van der Waals surface area contributed by atoms with E-state index < -0.39 is 5.91 Å². The Bertz CT molecular complexity index is 645. The van der Waals surface area contributed by atoms with Gasteiger partial charge in [0.25, 0.3) is 11.9 Å². The van der Waals surface area contributed by atoms with Gasteiger partial charge in [0.2, 0.25) is 5.75 Å². The zero-order chi connectivity index (χ0) is 16.1. The van der Waals surface area contributed by atoms with E-state index in [0.29, 0.717) is 29.4 Å². The van der Waals surface area contributed by atoms with Crippen molar-refractivity contribution in [3.8, 4) is 17.2 Å². The second-order valence-electron chi connectivity index (χ2n) is 4.17. The smallest absolute Gasteiger partial charge is 0.270 e. The number of tetrazole rings is 1. The molecule has 0 atom stereocenters. The maximum atomic E-state index is 12.3. The summed E-state index contributed by atoms with van der Waals surface area (Å²) in [6, 6.07) is 3.09. The molecule has 0 radical (unpaired) electrons. The van der Waals surface area contributed by atoms with Crippen molar-refractivity contribution in [3.63, 3.8) is 0 Å². The summed E-state index contributed by atoms with van der Waals surface area (Å²) in [6.07, 6.45) is 0. The standard InChI is InChI=1S/C13H17N5O4/c1-5-18-16-13(15-17-18)14-12(19)8-6-9(20-2)11(22-4)10(7-8)21-3/h6-7H,5H2,1-4H3,(H,14,16,19). The van der Waals surface area contributed by atoms with Gasteiger partial charge in [0.05, 0.1) is 27.9 Å². The van der Waals surface area contributed by atoms with Crippen LogP contribution < -0.4 is 19.5 Å². The first-order chi connectivity index (χ1) is 10.6. The number of amides is 1. The van der Waals surface area contributed by atoms with Gasteiger partial charge in [0.1, 0.15) is 0 Å². The van der Waals surface area contributed by atoms with Crippen LogP contribution in [0.15, 0.2) is 12.1 Å². The van der Waals surface area contributed by atoms with Gasteiger partial charge in [-0.3, -0.25) is 10.1 Å². The van der Waals surface area contributed by atoms with Gasteiger partial charge in [-0.25, -0.2) is 0 Å². The number of carbonyl (C=O) groups excluding carboxylic acids is 1. The average Bonchev–Trinajstić information content (AvgIpc) is 3.00. The molecule has 1 heterocycles. The van der Waals surface area contributed by atoms with Gasteiger partial charge in [-0.2, -0.15) is 4.80 Å². The first kappa shape index (κ1) is 15.5. The van der Waals surface area contributed by atoms with Gasteiger partial charge >= 0.3 is 0 Å². The Morgan fingerprint density at radius 2 is 1.82 bits per heavy atom. The Labute approximate surface area is 127 Å². The molecule has 1 aromatic heterocycles. The molecule has 0 aliphatic heterocycles. The molecule has 0 unspecified atom stereocenters. The monoisotopic (exact) mass is 307 g/mol. The van der Waals surface area contributed by atoms with Crippen LogP contribution in [0.5, 0.6) is 17.2 Å². The maximum Gasteiger partial charge on any atom is 0.270 e. The van der Waals surface area contributed by atoms with Crippen LogP contribution in [0.25, 0.3) is 0 Å². The van der Waals surface area contributed by atoms with Crippen molar-refractivity contribution >= 4 is 11.9 Å². The third-order valence-corrected chi connectivity index (χ3v) is 2.89. The lowest BCUT2D eigenvalue weighted by atomic mass is 10.1. The summed E-state index contributed by atoms with van der Waals surface area (Å²) in [5.41, 5.74) is 0.322. The van der Waals surface area contributed by atoms with Gasteiger partial charge in [0.15, 0.2) is 11.5 Å². The molecular formula is C13H17N5O4. The van der Waals surface area contributed by atoms with Crippen molar-refractivity contribution < 1.29 is 19.0 Å². The molecule has 22 heavy (non-hydrogen) atoms. The highest BCUT2D eigenvalue weighted by molar-refractivity contribution is 6.04. The second-order valence-corrected chi connectivity index (χ2v) is 4.17. The number of benzene rings is 1. The van der Waals surface area contributed by atoms with Crippen LogP contribution in [0.3, 0.4) is 0 Å². The summed E-state index contributed by atoms with van der Waals surface area (Å²) < 4.78 is 15.6. The number of anilines is 1. The van der Waals surface area contributed by atoms with Crippen molar-refractivity contribution in [3.05, 3.63) is 17.7 Å². The number of nitrogens with zero attached hydrogens (tertiary/aromatic N) is 4. The molecule has 1 amide bonds. The molecule has 0 fully saturated rings. The SMILES string of the molecule is CCn1nnc(NC(=O)c2cc(OC)c(OC)c(OC)c2)n1. The van der Waals surface area contributed by atoms with Gasteiger partial charge in [0, 0.05) is 5.56 Å². The molecule has 0 aliphatic rings. The molecule has 0 spiro atoms. The predicted molar refractivity (Wildman–Crippen MR) is 77.5 cm³/mol. The lowest BCUT2D eigenvalue weighted by molar-refractivity contribution is 0.102. The molecule has 9 nitrogen and oxygen atoms in total. The Morgan fingerprint density at radius 1 is 1.18 bits per heavy atom. The third kappa shape index (κ3) is 3.08. The molecule has 9 heteroatoms. The quantitative estimate of drug-likeness (QED) is 0.848. The Balaban J connectivity index is 2.29. The average molecular weight is 307 g/mol. The number of aromatic nitrogens is 4. The molecule has 118 valence electrons. The minimum Gasteiger partial charge on any atom is -0.493 e. The number of hydrogen-bond acceptors (Lipinski definition) is 7. The molecule has 0 bridgehead atoms. The van der Waals surface area contributed by atoms with Crippen molar-refractivity contribution in [2.24, 2.45) is 0 Å². The highest BCUT2D eigenvalue weighted by Gasteiger charge is 2.18. The van der Waals surface area contributed by atoms with Crippen molar-refractivity contribution in [1.82, 2.24) is 20.2 Å². The summed E-state index contributed by atoms with van der Waals surface area (Å²) in [4.78, 5) is 13.6. The molecule has 1 N–H and O–H groups in total. The lowest BCUT2D eigenvalue weighted by Crippen LogP contribution is -2.14. The van der Waals surface area contributed by atoms with Gasteiger partial charge < -0.3 is 14.2 Å². The van der Waals surface area contributed by atoms with E-state index in [-0.39, 0.29) is 5.95 Å². The zero-order valence-corrected chi connectivity index (χ0v) is 12.8. The third-order valence-electron chi connectivity index (χ3n) is 2.89. The van der Waals surface area contributed by atoms with Crippen molar-refractivity contribution in [2.75, 3.05) is 26.6 Å². The fraction of sp³-hybridized carbons (Fsp3) is 0.385. The Kier molecular flexibility index (Phi) is 4.77. The summed E-state index contributed by atoms with van der Waals surface area (Å²) in [5.74, 6) is 0.904. The number of carbonyl (C=O) groups is 1. The van der Waals surface area contributed by atoms with Crippen molar-refractivity contribution in [1.29, 1.82) is 0 Å². The molecule has 2 aromatic rings. The number of methoxy groups -OCH3 is 3. The number of rotatable bonds is 6. The van der Waals surface area contributed by atoms with E-state index >= 15 is 0 Å². The molecule has 0 aliphatic carbocycles. The van der Waals surface area contributed by atoms with E-state index in [1.807, 2.05) is 6.92 Å². The van der Waals surface area contributed by atoms with E-state index in [1.165, 1.54) is 26.1 Å². The van der Waals surface area contributed by atoms with Gasteiger partial charge in [-0.05, 0) is 24.3 Å². The van der Waals surface area contributed by atoms with Crippen molar-refractivity contribution in [2.45, 2.75) is 13.5 Å². The predicted octanol–water partition coefficient (Wildman–Crippen LogP) is 0.971. The maximum absolute atomic E-state index is 12.3. The first-order valence-corrected chi connectivity index (χ1v) is 6.52. The van der Waals surface area contributed by atoms with Crippen LogP contribution in [0.1, 0.15) is 17.3 Å². The van der Waals surface area contributed by atoms with Crippen LogP contribution in [0.2, 0.25) is 0 Å². The topological polar surface area (TPSA) is 100 Å². The largest absolute Gasteiger partial charge is 0.493 e. The summed E-state index contributed by atoms with van der Waals surface area (Å²) in [7, 11) is 4.45. The zero-order valence-electron chi connectivity index (χ0n) is 12.8. The van der Waals surface area contributed by atoms with Gasteiger partial charge in [-0.1, -0.05) is 5.10 Å². The van der Waals surface area contributed by atoms with E-state index in [2.05, 4.69) is 20.7 Å². The Morgan fingerprint density at radius 3 is 2.27 bits per heavy atom. The van der Waals surface area contributed by atoms with Crippen LogP contribution in [-0.2, 0) is 6.54 Å². The van der Waals surface area contributed by atoms with Crippen LogP contribution >= 0.6 is 0 Å². The van der Waals surface area contributed by atoms with E-state index in [1.54, 1.807) is 12.1 Å². The van der Waals surface area contributed by atoms with E-state index in [9.17, 15) is 4.79 Å². The van der Waals surface area contributed by atoms with Gasteiger partial charge in [-0.15, -0.1) is 5.10 Å². The highest BCUT2D eigenvalue weighted by Crippen LogP contribution is 2.38. The number of aryl methyl sites for hydroxylation is 1. The fourth-order valence-corrected chi connectivity index (χ4v) is 1.81. The van der Waals surface area contributed by atoms with E-state index in [0.717, 1.165) is 0 Å². The molecule has 0 saturated carbocycles. The second kappa shape index (κ2) is 6.74. The first-order valence-electron chi connectivity index (χ1n) is 6.52. The minimum atomic E-state index is -0.407. The highest BCUT2D eigenvalue weighted by atomic mass is 16.5. The van der Waals surface area contributed by atoms with Crippen LogP contribution in [-0.4, -0.2) is 47.4 Å². The van der Waals surface area contributed by atoms with Crippen LogP contribution in [0.4, 0.5) is 5.95 Å². The van der Waals surface area contributed by atoms with E-state index in [4.69, 9.17) is 14.2 Å². The molecular weight excluding hydrogens is 290 g/mol. The lowest BCUT2D eigenvalue weighted by Gasteiger charge is -2.13. The summed E-state index contributed by atoms with van der Waals surface area (Å²) in [5, 5.41) is 14.0. The number of hydrogen-bond donors (Lipinski definition) is 1. The fourth-order valence-electron chi connectivity index (χ4n) is 1.81. The molecule has 0 saturated heterocycles. The Hall–Kier alpha value is -2.84. The molecule has 1 aromatic carbocycles. The normalized spacial score (nSPS) is 10.2. The molecule has 2 rings (SSSR count).